The molecule has 2 unspecified atom stereocenters. The normalized spacial score (nSPS) is 19.9. The summed E-state index contributed by atoms with van der Waals surface area (Å²) in [6.45, 7) is 10.7. The lowest BCUT2D eigenvalue weighted by Crippen LogP contribution is -2.50. The minimum Gasteiger partial charge on any atom is -0.341 e. The molecule has 0 saturated carbocycles. The molecule has 1 amide bonds. The molecule has 1 saturated heterocycles. The first-order chi connectivity index (χ1) is 8.60. The van der Waals surface area contributed by atoms with Gasteiger partial charge in [-0.1, -0.05) is 13.8 Å². The van der Waals surface area contributed by atoms with Gasteiger partial charge in [-0.3, -0.25) is 9.69 Å². The Balaban J connectivity index is 2.53. The Morgan fingerprint density at radius 2 is 1.89 bits per heavy atom. The summed E-state index contributed by atoms with van der Waals surface area (Å²) < 4.78 is 0. The molecule has 0 radical (unpaired) electrons. The zero-order valence-electron chi connectivity index (χ0n) is 12.2. The summed E-state index contributed by atoms with van der Waals surface area (Å²) in [5, 5.41) is 0. The maximum absolute atomic E-state index is 12.4. The molecule has 4 nitrogen and oxygen atoms in total. The molecule has 1 aliphatic rings. The minimum atomic E-state index is -0.0119. The van der Waals surface area contributed by atoms with Crippen molar-refractivity contribution < 1.29 is 4.79 Å². The van der Waals surface area contributed by atoms with Crippen LogP contribution in [0.5, 0.6) is 0 Å². The molecule has 1 heterocycles. The van der Waals surface area contributed by atoms with Crippen molar-refractivity contribution in [3.63, 3.8) is 0 Å². The minimum absolute atomic E-state index is 0.0119. The van der Waals surface area contributed by atoms with Gasteiger partial charge in [-0.05, 0) is 45.2 Å². The van der Waals surface area contributed by atoms with Gasteiger partial charge >= 0.3 is 0 Å². The number of rotatable bonds is 6. The molecule has 0 aliphatic carbocycles. The fourth-order valence-electron chi connectivity index (χ4n) is 2.57. The predicted octanol–water partition coefficient (Wildman–Crippen LogP) is 1.30. The first-order valence-corrected chi connectivity index (χ1v) is 7.33. The first-order valence-electron chi connectivity index (χ1n) is 7.33. The molecular weight excluding hydrogens is 226 g/mol. The summed E-state index contributed by atoms with van der Waals surface area (Å²) in [7, 11) is 0. The third-order valence-corrected chi connectivity index (χ3v) is 3.93. The van der Waals surface area contributed by atoms with Crippen molar-refractivity contribution in [2.45, 2.75) is 46.1 Å². The van der Waals surface area contributed by atoms with E-state index in [-0.39, 0.29) is 6.04 Å². The summed E-state index contributed by atoms with van der Waals surface area (Å²) >= 11 is 0. The van der Waals surface area contributed by atoms with Gasteiger partial charge in [0.25, 0.3) is 0 Å². The van der Waals surface area contributed by atoms with Crippen molar-refractivity contribution in [1.29, 1.82) is 0 Å². The quantitative estimate of drug-likeness (QED) is 0.778. The summed E-state index contributed by atoms with van der Waals surface area (Å²) in [5.41, 5.74) is 5.67. The summed E-state index contributed by atoms with van der Waals surface area (Å²) in [6, 6.07) is -0.0119. The van der Waals surface area contributed by atoms with Crippen molar-refractivity contribution in [3.8, 4) is 0 Å². The van der Waals surface area contributed by atoms with Crippen LogP contribution in [-0.4, -0.2) is 54.5 Å². The van der Waals surface area contributed by atoms with Crippen LogP contribution >= 0.6 is 0 Å². The zero-order chi connectivity index (χ0) is 13.5. The standard InChI is InChI=1S/C14H29N3O/c1-4-16(11-12(2)10-15)13(3)14(18)17-8-6-5-7-9-17/h12-13H,4-11,15H2,1-3H3. The lowest BCUT2D eigenvalue weighted by molar-refractivity contribution is -0.137. The summed E-state index contributed by atoms with van der Waals surface area (Å²) in [4.78, 5) is 16.7. The van der Waals surface area contributed by atoms with E-state index in [0.29, 0.717) is 18.4 Å². The number of likely N-dealkylation sites (tertiary alicyclic amines) is 1. The van der Waals surface area contributed by atoms with Crippen molar-refractivity contribution in [3.05, 3.63) is 0 Å². The van der Waals surface area contributed by atoms with E-state index in [0.717, 1.165) is 39.0 Å². The van der Waals surface area contributed by atoms with Gasteiger partial charge in [-0.25, -0.2) is 0 Å². The Labute approximate surface area is 111 Å². The third kappa shape index (κ3) is 4.25. The van der Waals surface area contributed by atoms with E-state index >= 15 is 0 Å². The fraction of sp³-hybridized carbons (Fsp3) is 0.929. The highest BCUT2D eigenvalue weighted by Crippen LogP contribution is 2.13. The van der Waals surface area contributed by atoms with Gasteiger partial charge < -0.3 is 10.6 Å². The molecule has 0 aromatic heterocycles. The Morgan fingerprint density at radius 3 is 2.39 bits per heavy atom. The van der Waals surface area contributed by atoms with Crippen LogP contribution < -0.4 is 5.73 Å². The SMILES string of the molecule is CCN(CC(C)CN)C(C)C(=O)N1CCCCC1. The smallest absolute Gasteiger partial charge is 0.239 e. The molecule has 0 aromatic carbocycles. The van der Waals surface area contributed by atoms with Crippen LogP contribution in [0.2, 0.25) is 0 Å². The molecule has 4 heteroatoms. The number of hydrogen-bond donors (Lipinski definition) is 1. The molecule has 0 spiro atoms. The summed E-state index contributed by atoms with van der Waals surface area (Å²) in [6.07, 6.45) is 3.58. The van der Waals surface area contributed by atoms with Gasteiger partial charge in [-0.15, -0.1) is 0 Å². The highest BCUT2D eigenvalue weighted by Gasteiger charge is 2.26. The van der Waals surface area contributed by atoms with E-state index in [2.05, 4.69) is 18.7 Å². The van der Waals surface area contributed by atoms with Crippen molar-refractivity contribution >= 4 is 5.91 Å². The molecule has 0 bridgehead atoms. The lowest BCUT2D eigenvalue weighted by atomic mass is 10.1. The van der Waals surface area contributed by atoms with E-state index < -0.39 is 0 Å². The molecule has 2 N–H and O–H groups in total. The Bertz CT molecular complexity index is 251. The Hall–Kier alpha value is -0.610. The predicted molar refractivity (Wildman–Crippen MR) is 75.4 cm³/mol. The van der Waals surface area contributed by atoms with E-state index in [4.69, 9.17) is 5.73 Å². The average Bonchev–Trinajstić information content (AvgIpc) is 2.43. The number of carbonyl (C=O) groups excluding carboxylic acids is 1. The van der Waals surface area contributed by atoms with Crippen LogP contribution in [0.3, 0.4) is 0 Å². The van der Waals surface area contributed by atoms with Crippen LogP contribution in [0.1, 0.15) is 40.0 Å². The average molecular weight is 255 g/mol. The number of nitrogens with two attached hydrogens (primary N) is 1. The Morgan fingerprint density at radius 1 is 1.28 bits per heavy atom. The van der Waals surface area contributed by atoms with Gasteiger partial charge in [-0.2, -0.15) is 0 Å². The van der Waals surface area contributed by atoms with Crippen molar-refractivity contribution in [1.82, 2.24) is 9.80 Å². The van der Waals surface area contributed by atoms with E-state index in [9.17, 15) is 4.79 Å². The number of amides is 1. The molecule has 1 aliphatic heterocycles. The maximum Gasteiger partial charge on any atom is 0.239 e. The van der Waals surface area contributed by atoms with E-state index in [1.807, 2.05) is 11.8 Å². The molecule has 18 heavy (non-hydrogen) atoms. The van der Waals surface area contributed by atoms with Gasteiger partial charge in [0.15, 0.2) is 0 Å². The van der Waals surface area contributed by atoms with E-state index in [1.165, 1.54) is 6.42 Å². The lowest BCUT2D eigenvalue weighted by Gasteiger charge is -2.35. The van der Waals surface area contributed by atoms with E-state index in [1.54, 1.807) is 0 Å². The molecule has 2 atom stereocenters. The third-order valence-electron chi connectivity index (χ3n) is 3.93. The van der Waals surface area contributed by atoms with Crippen molar-refractivity contribution in [2.24, 2.45) is 11.7 Å². The molecule has 106 valence electrons. The number of likely N-dealkylation sites (N-methyl/N-ethyl adjacent to an activating group) is 1. The monoisotopic (exact) mass is 255 g/mol. The number of carbonyl (C=O) groups is 1. The largest absolute Gasteiger partial charge is 0.341 e. The second kappa shape index (κ2) is 7.74. The molecule has 0 aromatic rings. The van der Waals surface area contributed by atoms with Gasteiger partial charge in [0.05, 0.1) is 6.04 Å². The van der Waals surface area contributed by atoms with Gasteiger partial charge in [0.2, 0.25) is 5.91 Å². The van der Waals surface area contributed by atoms with Crippen LogP contribution in [0.25, 0.3) is 0 Å². The van der Waals surface area contributed by atoms with Gasteiger partial charge in [0.1, 0.15) is 0 Å². The second-order valence-electron chi connectivity index (χ2n) is 5.49. The fourth-order valence-corrected chi connectivity index (χ4v) is 2.57. The molecule has 1 rings (SSSR count). The highest BCUT2D eigenvalue weighted by atomic mass is 16.2. The van der Waals surface area contributed by atoms with Crippen LogP contribution in [0, 0.1) is 5.92 Å². The van der Waals surface area contributed by atoms with Crippen LogP contribution in [0.15, 0.2) is 0 Å². The maximum atomic E-state index is 12.4. The molecule has 1 fully saturated rings. The van der Waals surface area contributed by atoms with Crippen LogP contribution in [-0.2, 0) is 4.79 Å². The number of hydrogen-bond acceptors (Lipinski definition) is 3. The van der Waals surface area contributed by atoms with Crippen LogP contribution in [0.4, 0.5) is 0 Å². The molecular formula is C14H29N3O. The topological polar surface area (TPSA) is 49.6 Å². The van der Waals surface area contributed by atoms with Crippen molar-refractivity contribution in [2.75, 3.05) is 32.7 Å². The first kappa shape index (κ1) is 15.4. The second-order valence-corrected chi connectivity index (χ2v) is 5.49. The van der Waals surface area contributed by atoms with Gasteiger partial charge in [0, 0.05) is 19.6 Å². The highest BCUT2D eigenvalue weighted by molar-refractivity contribution is 5.81. The Kier molecular flexibility index (Phi) is 6.65. The summed E-state index contributed by atoms with van der Waals surface area (Å²) in [5.74, 6) is 0.738. The number of piperidine rings is 1. The zero-order valence-corrected chi connectivity index (χ0v) is 12.2. The number of nitrogens with zero attached hydrogens (tertiary/aromatic N) is 2.